The maximum atomic E-state index is 12.2. The summed E-state index contributed by atoms with van der Waals surface area (Å²) in [7, 11) is 4.59. The lowest BCUT2D eigenvalue weighted by Gasteiger charge is -2.09. The zero-order valence-electron chi connectivity index (χ0n) is 16.2. The van der Waals surface area contributed by atoms with Gasteiger partial charge in [-0.05, 0) is 54.4 Å². The molecule has 0 bridgehead atoms. The van der Waals surface area contributed by atoms with Gasteiger partial charge < -0.3 is 19.5 Å². The molecule has 0 radical (unpaired) electrons. The second kappa shape index (κ2) is 9.96. The summed E-state index contributed by atoms with van der Waals surface area (Å²) in [5.74, 6) is 0.831. The van der Waals surface area contributed by atoms with Crippen LogP contribution >= 0.6 is 0 Å². The molecule has 148 valence electrons. The quantitative estimate of drug-likeness (QED) is 0.534. The molecule has 0 unspecified atom stereocenters. The van der Waals surface area contributed by atoms with Crippen LogP contribution in [0.15, 0.2) is 41.5 Å². The van der Waals surface area contributed by atoms with Crippen molar-refractivity contribution in [2.45, 2.75) is 6.92 Å². The monoisotopic (exact) mass is 385 g/mol. The van der Waals surface area contributed by atoms with Gasteiger partial charge in [-0.3, -0.25) is 9.59 Å². The lowest BCUT2D eigenvalue weighted by Crippen LogP contribution is -2.34. The average Bonchev–Trinajstić information content (AvgIpc) is 2.72. The van der Waals surface area contributed by atoms with Crippen molar-refractivity contribution in [2.75, 3.05) is 27.9 Å². The number of rotatable bonds is 8. The first-order valence-electron chi connectivity index (χ1n) is 8.45. The van der Waals surface area contributed by atoms with E-state index in [0.717, 1.165) is 16.9 Å². The van der Waals surface area contributed by atoms with Crippen LogP contribution in [0, 0.1) is 6.92 Å². The van der Waals surface area contributed by atoms with E-state index in [1.54, 1.807) is 25.3 Å². The average molecular weight is 385 g/mol. The van der Waals surface area contributed by atoms with Crippen molar-refractivity contribution in [2.24, 2.45) is 5.10 Å². The van der Waals surface area contributed by atoms with E-state index >= 15 is 0 Å². The molecule has 8 nitrogen and oxygen atoms in total. The molecule has 0 spiro atoms. The highest BCUT2D eigenvalue weighted by Crippen LogP contribution is 2.27. The second-order valence-corrected chi connectivity index (χ2v) is 5.77. The van der Waals surface area contributed by atoms with Gasteiger partial charge in [-0.15, -0.1) is 0 Å². The van der Waals surface area contributed by atoms with Gasteiger partial charge >= 0.3 is 0 Å². The Hall–Kier alpha value is -3.55. The minimum atomic E-state index is -0.448. The van der Waals surface area contributed by atoms with Crippen molar-refractivity contribution in [3.8, 4) is 17.2 Å². The fourth-order valence-corrected chi connectivity index (χ4v) is 2.37. The summed E-state index contributed by atoms with van der Waals surface area (Å²) < 4.78 is 15.4. The van der Waals surface area contributed by atoms with E-state index in [-0.39, 0.29) is 6.54 Å². The number of methoxy groups -OCH3 is 3. The van der Waals surface area contributed by atoms with Crippen LogP contribution in [0.3, 0.4) is 0 Å². The van der Waals surface area contributed by atoms with Crippen molar-refractivity contribution in [1.82, 2.24) is 10.7 Å². The molecular weight excluding hydrogens is 362 g/mol. The van der Waals surface area contributed by atoms with Gasteiger partial charge in [0.05, 0.1) is 34.1 Å². The Morgan fingerprint density at radius 2 is 1.75 bits per heavy atom. The zero-order valence-corrected chi connectivity index (χ0v) is 16.2. The molecule has 28 heavy (non-hydrogen) atoms. The lowest BCUT2D eigenvalue weighted by molar-refractivity contribution is -0.120. The molecule has 2 amide bonds. The Balaban J connectivity index is 1.87. The molecule has 0 aromatic heterocycles. The number of carbonyl (C=O) groups is 2. The van der Waals surface area contributed by atoms with Gasteiger partial charge in [0.1, 0.15) is 5.75 Å². The summed E-state index contributed by atoms with van der Waals surface area (Å²) in [5.41, 5.74) is 4.52. The molecule has 2 aromatic carbocycles. The smallest absolute Gasteiger partial charge is 0.259 e. The van der Waals surface area contributed by atoms with Gasteiger partial charge in [0.25, 0.3) is 11.8 Å². The van der Waals surface area contributed by atoms with E-state index in [0.29, 0.717) is 17.1 Å². The Morgan fingerprint density at radius 3 is 2.39 bits per heavy atom. The molecule has 2 rings (SSSR count). The van der Waals surface area contributed by atoms with Gasteiger partial charge in [-0.25, -0.2) is 5.43 Å². The number of nitrogens with zero attached hydrogens (tertiary/aromatic N) is 1. The van der Waals surface area contributed by atoms with Crippen LogP contribution in [-0.4, -0.2) is 45.9 Å². The molecule has 2 aromatic rings. The number of carbonyl (C=O) groups excluding carboxylic acids is 2. The minimum absolute atomic E-state index is 0.216. The molecule has 0 aliphatic rings. The summed E-state index contributed by atoms with van der Waals surface area (Å²) in [5, 5.41) is 6.43. The van der Waals surface area contributed by atoms with Crippen LogP contribution in [0.25, 0.3) is 0 Å². The molecule has 0 aliphatic carbocycles. The Morgan fingerprint density at radius 1 is 1.00 bits per heavy atom. The highest BCUT2D eigenvalue weighted by atomic mass is 16.5. The molecule has 2 N–H and O–H groups in total. The second-order valence-electron chi connectivity index (χ2n) is 5.77. The normalized spacial score (nSPS) is 10.4. The van der Waals surface area contributed by atoms with Crippen molar-refractivity contribution in [3.05, 3.63) is 53.1 Å². The summed E-state index contributed by atoms with van der Waals surface area (Å²) in [6, 6.07) is 10.2. The third-order valence-corrected chi connectivity index (χ3v) is 3.93. The van der Waals surface area contributed by atoms with Crippen LogP contribution in [-0.2, 0) is 4.79 Å². The summed E-state index contributed by atoms with van der Waals surface area (Å²) >= 11 is 0. The van der Waals surface area contributed by atoms with Crippen molar-refractivity contribution >= 4 is 18.0 Å². The number of benzene rings is 2. The minimum Gasteiger partial charge on any atom is -0.497 e. The first-order valence-corrected chi connectivity index (χ1v) is 8.45. The molecule has 0 aliphatic heterocycles. The molecule has 0 fully saturated rings. The van der Waals surface area contributed by atoms with E-state index in [9.17, 15) is 9.59 Å². The van der Waals surface area contributed by atoms with Gasteiger partial charge in [-0.2, -0.15) is 5.10 Å². The van der Waals surface area contributed by atoms with Crippen LogP contribution in [0.5, 0.6) is 17.2 Å². The Kier molecular flexibility index (Phi) is 7.38. The highest BCUT2D eigenvalue weighted by molar-refractivity contribution is 5.97. The van der Waals surface area contributed by atoms with E-state index in [4.69, 9.17) is 14.2 Å². The topological polar surface area (TPSA) is 98.2 Å². The number of aryl methyl sites for hydroxylation is 1. The number of hydrogen-bond donors (Lipinski definition) is 2. The highest BCUT2D eigenvalue weighted by Gasteiger charge is 2.11. The Labute approximate surface area is 163 Å². The fraction of sp³-hybridized carbons (Fsp3) is 0.250. The third-order valence-electron chi connectivity index (χ3n) is 3.93. The number of nitrogens with one attached hydrogen (secondary N) is 2. The molecule has 0 heterocycles. The van der Waals surface area contributed by atoms with Crippen LogP contribution in [0.1, 0.15) is 21.5 Å². The predicted molar refractivity (Wildman–Crippen MR) is 105 cm³/mol. The molecule has 0 saturated carbocycles. The van der Waals surface area contributed by atoms with Gasteiger partial charge in [0, 0.05) is 5.56 Å². The van der Waals surface area contributed by atoms with E-state index < -0.39 is 11.8 Å². The van der Waals surface area contributed by atoms with Crippen LogP contribution < -0.4 is 25.0 Å². The largest absolute Gasteiger partial charge is 0.497 e. The molecule has 8 heteroatoms. The number of hydrazone groups is 1. The molecule has 0 atom stereocenters. The summed E-state index contributed by atoms with van der Waals surface area (Å²) in [6.45, 7) is 1.70. The number of hydrogen-bond acceptors (Lipinski definition) is 6. The van der Waals surface area contributed by atoms with Gasteiger partial charge in [0.2, 0.25) is 0 Å². The number of amides is 2. The summed E-state index contributed by atoms with van der Waals surface area (Å²) in [4.78, 5) is 24.1. The first-order chi connectivity index (χ1) is 13.5. The van der Waals surface area contributed by atoms with Gasteiger partial charge in [0.15, 0.2) is 11.5 Å². The van der Waals surface area contributed by atoms with Crippen molar-refractivity contribution < 1.29 is 23.8 Å². The zero-order chi connectivity index (χ0) is 20.5. The van der Waals surface area contributed by atoms with Crippen molar-refractivity contribution in [1.29, 1.82) is 0 Å². The summed E-state index contributed by atoms with van der Waals surface area (Å²) in [6.07, 6.45) is 1.53. The number of ether oxygens (including phenoxy) is 3. The maximum absolute atomic E-state index is 12.2. The van der Waals surface area contributed by atoms with Crippen molar-refractivity contribution in [3.63, 3.8) is 0 Å². The first kappa shape index (κ1) is 20.8. The standard InChI is InChI=1S/C20H23N3O5/c1-13-9-16(26-2)7-5-15(13)11-22-23-19(24)12-21-20(25)14-6-8-17(27-3)18(10-14)28-4/h5-11H,12H2,1-4H3,(H,21,25)(H,23,24)/b22-11+. The maximum Gasteiger partial charge on any atom is 0.259 e. The Bertz CT molecular complexity index is 880. The molecule has 0 saturated heterocycles. The predicted octanol–water partition coefficient (Wildman–Crippen LogP) is 1.90. The van der Waals surface area contributed by atoms with E-state index in [1.807, 2.05) is 19.1 Å². The fourth-order valence-electron chi connectivity index (χ4n) is 2.37. The van der Waals surface area contributed by atoms with Crippen LogP contribution in [0.2, 0.25) is 0 Å². The lowest BCUT2D eigenvalue weighted by atomic mass is 10.1. The SMILES string of the molecule is COc1ccc(/C=N/NC(=O)CNC(=O)c2ccc(OC)c(OC)c2)c(C)c1. The third kappa shape index (κ3) is 5.47. The van der Waals surface area contributed by atoms with E-state index in [2.05, 4.69) is 15.8 Å². The molecular formula is C20H23N3O5. The van der Waals surface area contributed by atoms with E-state index in [1.165, 1.54) is 26.5 Å². The van der Waals surface area contributed by atoms with Crippen LogP contribution in [0.4, 0.5) is 0 Å². The van der Waals surface area contributed by atoms with Gasteiger partial charge in [-0.1, -0.05) is 0 Å².